The second-order valence-corrected chi connectivity index (χ2v) is 6.81. The molecule has 2 aliphatic heterocycles. The third-order valence-corrected chi connectivity index (χ3v) is 5.07. The number of para-hydroxylation sites is 2. The molecule has 0 aromatic heterocycles. The Kier molecular flexibility index (Phi) is 5.14. The van der Waals surface area contributed by atoms with E-state index in [4.69, 9.17) is 14.2 Å². The first-order chi connectivity index (χ1) is 13.2. The van der Waals surface area contributed by atoms with Crippen LogP contribution in [-0.4, -0.2) is 43.5 Å². The summed E-state index contributed by atoms with van der Waals surface area (Å²) in [6.45, 7) is 0.687. The van der Waals surface area contributed by atoms with E-state index in [0.29, 0.717) is 30.3 Å². The van der Waals surface area contributed by atoms with Crippen LogP contribution in [0.15, 0.2) is 48.5 Å². The van der Waals surface area contributed by atoms with Crippen LogP contribution in [0.4, 0.5) is 4.39 Å². The number of halogens is 1. The SMILES string of the molecule is O=C(C1COc2ccccc2O1)N1CCCC(c2cccc(OCF)c2)C1. The van der Waals surface area contributed by atoms with E-state index in [1.165, 1.54) is 0 Å². The third kappa shape index (κ3) is 3.84. The Balaban J connectivity index is 1.44. The zero-order chi connectivity index (χ0) is 18.6. The van der Waals surface area contributed by atoms with Crippen molar-refractivity contribution in [2.24, 2.45) is 0 Å². The fourth-order valence-electron chi connectivity index (χ4n) is 3.72. The van der Waals surface area contributed by atoms with Crippen LogP contribution >= 0.6 is 0 Å². The molecule has 0 saturated carbocycles. The Bertz CT molecular complexity index is 812. The topological polar surface area (TPSA) is 48.0 Å². The summed E-state index contributed by atoms with van der Waals surface area (Å²) >= 11 is 0. The molecule has 0 N–H and O–H groups in total. The second-order valence-electron chi connectivity index (χ2n) is 6.81. The molecule has 5 nitrogen and oxygen atoms in total. The average molecular weight is 371 g/mol. The Morgan fingerprint density at radius 1 is 1.19 bits per heavy atom. The Morgan fingerprint density at radius 2 is 2.04 bits per heavy atom. The molecule has 142 valence electrons. The molecule has 0 aliphatic carbocycles. The van der Waals surface area contributed by atoms with E-state index in [-0.39, 0.29) is 18.4 Å². The minimum Gasteiger partial charge on any atom is -0.485 e. The van der Waals surface area contributed by atoms with Gasteiger partial charge in [0.25, 0.3) is 5.91 Å². The predicted octanol–water partition coefficient (Wildman–Crippen LogP) is 3.54. The molecular formula is C21H22FNO4. The number of carbonyl (C=O) groups excluding carboxylic acids is 1. The van der Waals surface area contributed by atoms with Crippen LogP contribution in [0.5, 0.6) is 17.2 Å². The Morgan fingerprint density at radius 3 is 2.89 bits per heavy atom. The van der Waals surface area contributed by atoms with Gasteiger partial charge in [-0.25, -0.2) is 4.39 Å². The molecule has 6 heteroatoms. The summed E-state index contributed by atoms with van der Waals surface area (Å²) in [5.74, 6) is 1.93. The van der Waals surface area contributed by atoms with E-state index in [2.05, 4.69) is 0 Å². The summed E-state index contributed by atoms with van der Waals surface area (Å²) in [4.78, 5) is 14.8. The molecule has 2 aromatic rings. The molecule has 2 aromatic carbocycles. The highest BCUT2D eigenvalue weighted by Crippen LogP contribution is 2.33. The largest absolute Gasteiger partial charge is 0.485 e. The molecule has 27 heavy (non-hydrogen) atoms. The number of rotatable bonds is 4. The Labute approximate surface area is 157 Å². The van der Waals surface area contributed by atoms with Crippen molar-refractivity contribution >= 4 is 5.91 Å². The maximum absolute atomic E-state index is 13.0. The first-order valence-electron chi connectivity index (χ1n) is 9.20. The molecule has 1 amide bonds. The van der Waals surface area contributed by atoms with Crippen LogP contribution < -0.4 is 14.2 Å². The number of alkyl halides is 1. The molecular weight excluding hydrogens is 349 g/mol. The predicted molar refractivity (Wildman–Crippen MR) is 98.0 cm³/mol. The summed E-state index contributed by atoms with van der Waals surface area (Å²) < 4.78 is 28.9. The minimum atomic E-state index is -0.848. The van der Waals surface area contributed by atoms with Crippen molar-refractivity contribution in [3.63, 3.8) is 0 Å². The Hall–Kier alpha value is -2.76. The van der Waals surface area contributed by atoms with Gasteiger partial charge in [0.15, 0.2) is 11.5 Å². The molecule has 1 fully saturated rings. The number of fused-ring (bicyclic) bond motifs is 1. The van der Waals surface area contributed by atoms with Gasteiger partial charge in [-0.3, -0.25) is 4.79 Å². The summed E-state index contributed by atoms with van der Waals surface area (Å²) in [5.41, 5.74) is 1.06. The highest BCUT2D eigenvalue weighted by atomic mass is 19.1. The molecule has 0 spiro atoms. The summed E-state index contributed by atoms with van der Waals surface area (Å²) in [6.07, 6.45) is 1.27. The molecule has 4 rings (SSSR count). The van der Waals surface area contributed by atoms with E-state index >= 15 is 0 Å². The van der Waals surface area contributed by atoms with Crippen molar-refractivity contribution < 1.29 is 23.4 Å². The van der Waals surface area contributed by atoms with Crippen molar-refractivity contribution in [3.8, 4) is 17.2 Å². The van der Waals surface area contributed by atoms with Crippen LogP contribution in [0.3, 0.4) is 0 Å². The zero-order valence-corrected chi connectivity index (χ0v) is 15.0. The van der Waals surface area contributed by atoms with Gasteiger partial charge in [0.05, 0.1) is 0 Å². The van der Waals surface area contributed by atoms with Crippen molar-refractivity contribution in [1.29, 1.82) is 0 Å². The highest BCUT2D eigenvalue weighted by Gasteiger charge is 2.33. The first-order valence-corrected chi connectivity index (χ1v) is 9.20. The first kappa shape index (κ1) is 17.6. The van der Waals surface area contributed by atoms with Gasteiger partial charge in [0, 0.05) is 19.0 Å². The van der Waals surface area contributed by atoms with E-state index in [0.717, 1.165) is 18.4 Å². The van der Waals surface area contributed by atoms with Gasteiger partial charge in [-0.1, -0.05) is 24.3 Å². The van der Waals surface area contributed by atoms with Gasteiger partial charge < -0.3 is 19.1 Å². The molecule has 2 heterocycles. The van der Waals surface area contributed by atoms with Gasteiger partial charge in [-0.15, -0.1) is 0 Å². The fraction of sp³-hybridized carbons (Fsp3) is 0.381. The lowest BCUT2D eigenvalue weighted by Gasteiger charge is -2.36. The molecule has 2 unspecified atom stereocenters. The monoisotopic (exact) mass is 371 g/mol. The fourth-order valence-corrected chi connectivity index (χ4v) is 3.72. The van der Waals surface area contributed by atoms with Crippen LogP contribution in [0, 0.1) is 0 Å². The summed E-state index contributed by atoms with van der Waals surface area (Å²) in [6, 6.07) is 14.8. The van der Waals surface area contributed by atoms with Gasteiger partial charge in [0.2, 0.25) is 13.0 Å². The zero-order valence-electron chi connectivity index (χ0n) is 15.0. The number of hydrogen-bond acceptors (Lipinski definition) is 4. The van der Waals surface area contributed by atoms with E-state index in [9.17, 15) is 9.18 Å². The number of amides is 1. The number of piperidine rings is 1. The summed E-state index contributed by atoms with van der Waals surface area (Å²) in [7, 11) is 0. The maximum atomic E-state index is 13.0. The number of benzene rings is 2. The lowest BCUT2D eigenvalue weighted by molar-refractivity contribution is -0.142. The maximum Gasteiger partial charge on any atom is 0.267 e. The van der Waals surface area contributed by atoms with E-state index < -0.39 is 13.0 Å². The lowest BCUT2D eigenvalue weighted by Crippen LogP contribution is -2.49. The number of nitrogens with zero attached hydrogens (tertiary/aromatic N) is 1. The molecule has 1 saturated heterocycles. The third-order valence-electron chi connectivity index (χ3n) is 5.07. The van der Waals surface area contributed by atoms with Crippen molar-refractivity contribution in [3.05, 3.63) is 54.1 Å². The van der Waals surface area contributed by atoms with Crippen LogP contribution in [-0.2, 0) is 4.79 Å². The standard InChI is InChI=1S/C21H22FNO4/c22-14-26-17-7-3-5-15(11-17)16-6-4-10-23(12-16)21(24)20-13-25-18-8-1-2-9-19(18)27-20/h1-3,5,7-9,11,16,20H,4,6,10,12-14H2. The average Bonchev–Trinajstić information content (AvgIpc) is 2.73. The molecule has 2 aliphatic rings. The van der Waals surface area contributed by atoms with Crippen LogP contribution in [0.1, 0.15) is 24.3 Å². The van der Waals surface area contributed by atoms with E-state index in [1.807, 2.05) is 47.4 Å². The molecule has 0 bridgehead atoms. The number of hydrogen-bond donors (Lipinski definition) is 0. The summed E-state index contributed by atoms with van der Waals surface area (Å²) in [5, 5.41) is 0. The van der Waals surface area contributed by atoms with Gasteiger partial charge in [0.1, 0.15) is 12.4 Å². The number of likely N-dealkylation sites (tertiary alicyclic amines) is 1. The normalized spacial score (nSPS) is 21.6. The van der Waals surface area contributed by atoms with E-state index in [1.54, 1.807) is 6.07 Å². The van der Waals surface area contributed by atoms with Gasteiger partial charge in [-0.2, -0.15) is 0 Å². The number of carbonyl (C=O) groups is 1. The van der Waals surface area contributed by atoms with Gasteiger partial charge in [-0.05, 0) is 42.7 Å². The second kappa shape index (κ2) is 7.86. The van der Waals surface area contributed by atoms with Crippen molar-refractivity contribution in [2.45, 2.75) is 24.9 Å². The quantitative estimate of drug-likeness (QED) is 0.825. The van der Waals surface area contributed by atoms with Crippen molar-refractivity contribution in [2.75, 3.05) is 26.6 Å². The van der Waals surface area contributed by atoms with Crippen LogP contribution in [0.25, 0.3) is 0 Å². The number of ether oxygens (including phenoxy) is 3. The minimum absolute atomic E-state index is 0.0506. The van der Waals surface area contributed by atoms with Gasteiger partial charge >= 0.3 is 0 Å². The smallest absolute Gasteiger partial charge is 0.267 e. The van der Waals surface area contributed by atoms with Crippen molar-refractivity contribution in [1.82, 2.24) is 4.90 Å². The van der Waals surface area contributed by atoms with Crippen LogP contribution in [0.2, 0.25) is 0 Å². The highest BCUT2D eigenvalue weighted by molar-refractivity contribution is 5.82. The lowest BCUT2D eigenvalue weighted by atomic mass is 9.90. The molecule has 2 atom stereocenters. The molecule has 0 radical (unpaired) electrons.